The van der Waals surface area contributed by atoms with Gasteiger partial charge in [0.05, 0.1) is 0 Å². The second-order valence-corrected chi connectivity index (χ2v) is 4.62. The Kier molecular flexibility index (Phi) is 4.09. The number of aromatic nitrogens is 2. The molecule has 1 fully saturated rings. The lowest BCUT2D eigenvalue weighted by molar-refractivity contribution is 0.0994. The largest absolute Gasteiger partial charge is 0.396 e. The molecule has 18 heavy (non-hydrogen) atoms. The van der Waals surface area contributed by atoms with Crippen molar-refractivity contribution in [3.63, 3.8) is 0 Å². The number of hydrogen-bond donors (Lipinski definition) is 3. The van der Waals surface area contributed by atoms with Gasteiger partial charge in [-0.2, -0.15) is 0 Å². The monoisotopic (exact) mass is 250 g/mol. The van der Waals surface area contributed by atoms with Gasteiger partial charge in [-0.25, -0.2) is 0 Å². The molecule has 1 amide bonds. The number of anilines is 1. The summed E-state index contributed by atoms with van der Waals surface area (Å²) in [5.41, 5.74) is 5.27. The predicted molar refractivity (Wildman–Crippen MR) is 67.0 cm³/mol. The summed E-state index contributed by atoms with van der Waals surface area (Å²) in [7, 11) is 0. The molecule has 0 spiro atoms. The topological polar surface area (TPSA) is 101 Å². The molecule has 0 aromatic carbocycles. The van der Waals surface area contributed by atoms with E-state index < -0.39 is 5.91 Å². The summed E-state index contributed by atoms with van der Waals surface area (Å²) in [5.74, 6) is 0.551. The normalized spacial score (nSPS) is 22.9. The number of carbonyl (C=O) groups is 1. The number of rotatable bonds is 5. The Morgan fingerprint density at radius 2 is 2.28 bits per heavy atom. The highest BCUT2D eigenvalue weighted by Gasteiger charge is 2.26. The molecule has 4 N–H and O–H groups in total. The second kappa shape index (κ2) is 5.77. The van der Waals surface area contributed by atoms with Crippen molar-refractivity contribution in [2.75, 3.05) is 11.9 Å². The molecule has 2 atom stereocenters. The summed E-state index contributed by atoms with van der Waals surface area (Å²) < 4.78 is 0. The van der Waals surface area contributed by atoms with Crippen LogP contribution in [0.15, 0.2) is 12.1 Å². The van der Waals surface area contributed by atoms with Crippen molar-refractivity contribution in [1.82, 2.24) is 10.2 Å². The van der Waals surface area contributed by atoms with Gasteiger partial charge in [-0.3, -0.25) is 4.79 Å². The van der Waals surface area contributed by atoms with Crippen LogP contribution in [0.5, 0.6) is 0 Å². The van der Waals surface area contributed by atoms with Crippen LogP contribution in [0.4, 0.5) is 5.82 Å². The SMILES string of the molecule is NC(=O)c1ccc(NC2CCCC2CCO)nn1. The summed E-state index contributed by atoms with van der Waals surface area (Å²) in [6, 6.07) is 3.60. The van der Waals surface area contributed by atoms with Crippen LogP contribution in [0.3, 0.4) is 0 Å². The molecule has 0 aliphatic heterocycles. The fraction of sp³-hybridized carbons (Fsp3) is 0.583. The van der Waals surface area contributed by atoms with E-state index in [0.717, 1.165) is 25.7 Å². The fourth-order valence-electron chi connectivity index (χ4n) is 2.47. The van der Waals surface area contributed by atoms with E-state index in [1.807, 2.05) is 0 Å². The Hall–Kier alpha value is -1.69. The zero-order valence-corrected chi connectivity index (χ0v) is 10.2. The lowest BCUT2D eigenvalue weighted by Gasteiger charge is -2.20. The summed E-state index contributed by atoms with van der Waals surface area (Å²) in [4.78, 5) is 10.9. The third-order valence-electron chi connectivity index (χ3n) is 3.41. The van der Waals surface area contributed by atoms with Crippen molar-refractivity contribution in [3.8, 4) is 0 Å². The number of amides is 1. The van der Waals surface area contributed by atoms with Gasteiger partial charge < -0.3 is 16.2 Å². The third kappa shape index (κ3) is 2.95. The van der Waals surface area contributed by atoms with E-state index in [0.29, 0.717) is 17.8 Å². The zero-order chi connectivity index (χ0) is 13.0. The van der Waals surface area contributed by atoms with E-state index in [2.05, 4.69) is 15.5 Å². The summed E-state index contributed by atoms with van der Waals surface area (Å²) in [5, 5.41) is 20.0. The highest BCUT2D eigenvalue weighted by Crippen LogP contribution is 2.30. The molecule has 1 aromatic rings. The Labute approximate surface area is 106 Å². The maximum Gasteiger partial charge on any atom is 0.269 e. The van der Waals surface area contributed by atoms with Gasteiger partial charge in [0.2, 0.25) is 0 Å². The van der Waals surface area contributed by atoms with Gasteiger partial charge >= 0.3 is 0 Å². The van der Waals surface area contributed by atoms with Crippen LogP contribution in [0.2, 0.25) is 0 Å². The van der Waals surface area contributed by atoms with Crippen molar-refractivity contribution < 1.29 is 9.90 Å². The molecule has 1 saturated carbocycles. The standard InChI is InChI=1S/C12H18N4O2/c13-12(18)10-4-5-11(16-15-10)14-9-3-1-2-8(9)6-7-17/h4-5,8-9,17H,1-3,6-7H2,(H2,13,18)(H,14,16). The van der Waals surface area contributed by atoms with Gasteiger partial charge in [0.25, 0.3) is 5.91 Å². The number of nitrogens with one attached hydrogen (secondary N) is 1. The van der Waals surface area contributed by atoms with Crippen LogP contribution in [0.25, 0.3) is 0 Å². The number of nitrogens with zero attached hydrogens (tertiary/aromatic N) is 2. The molecule has 98 valence electrons. The van der Waals surface area contributed by atoms with E-state index in [-0.39, 0.29) is 12.3 Å². The summed E-state index contributed by atoms with van der Waals surface area (Å²) >= 11 is 0. The zero-order valence-electron chi connectivity index (χ0n) is 10.2. The van der Waals surface area contributed by atoms with Crippen LogP contribution < -0.4 is 11.1 Å². The number of primary amides is 1. The van der Waals surface area contributed by atoms with E-state index >= 15 is 0 Å². The first-order valence-corrected chi connectivity index (χ1v) is 6.21. The maximum atomic E-state index is 10.9. The van der Waals surface area contributed by atoms with Crippen LogP contribution >= 0.6 is 0 Å². The summed E-state index contributed by atoms with van der Waals surface area (Å²) in [6.07, 6.45) is 4.18. The highest BCUT2D eigenvalue weighted by molar-refractivity contribution is 5.90. The van der Waals surface area contributed by atoms with Crippen molar-refractivity contribution in [3.05, 3.63) is 17.8 Å². The molecular formula is C12H18N4O2. The molecule has 1 aromatic heterocycles. The first-order chi connectivity index (χ1) is 8.70. The number of hydrogen-bond acceptors (Lipinski definition) is 5. The number of aliphatic hydroxyl groups excluding tert-OH is 1. The number of aliphatic hydroxyl groups is 1. The first kappa shape index (κ1) is 12.8. The quantitative estimate of drug-likeness (QED) is 0.708. The molecule has 1 aliphatic rings. The van der Waals surface area contributed by atoms with Gasteiger partial charge in [-0.1, -0.05) is 6.42 Å². The van der Waals surface area contributed by atoms with Crippen LogP contribution in [0.1, 0.15) is 36.2 Å². The Balaban J connectivity index is 1.98. The second-order valence-electron chi connectivity index (χ2n) is 4.62. The number of carbonyl (C=O) groups excluding carboxylic acids is 1. The molecule has 1 heterocycles. The van der Waals surface area contributed by atoms with E-state index in [1.54, 1.807) is 12.1 Å². The lowest BCUT2D eigenvalue weighted by Crippen LogP contribution is -2.25. The van der Waals surface area contributed by atoms with Gasteiger partial charge in [0.15, 0.2) is 5.69 Å². The van der Waals surface area contributed by atoms with Gasteiger partial charge in [-0.05, 0) is 37.3 Å². The minimum absolute atomic E-state index is 0.166. The van der Waals surface area contributed by atoms with Crippen molar-refractivity contribution in [2.45, 2.75) is 31.7 Å². The van der Waals surface area contributed by atoms with E-state index in [4.69, 9.17) is 10.8 Å². The van der Waals surface area contributed by atoms with Crippen molar-refractivity contribution in [1.29, 1.82) is 0 Å². The Morgan fingerprint density at radius 3 is 2.89 bits per heavy atom. The summed E-state index contributed by atoms with van der Waals surface area (Å²) in [6.45, 7) is 0.217. The lowest BCUT2D eigenvalue weighted by atomic mass is 10.0. The molecule has 6 heteroatoms. The smallest absolute Gasteiger partial charge is 0.269 e. The van der Waals surface area contributed by atoms with Crippen LogP contribution in [-0.4, -0.2) is 33.9 Å². The van der Waals surface area contributed by atoms with Crippen molar-refractivity contribution >= 4 is 11.7 Å². The molecule has 0 bridgehead atoms. The van der Waals surface area contributed by atoms with Gasteiger partial charge in [-0.15, -0.1) is 10.2 Å². The van der Waals surface area contributed by atoms with E-state index in [9.17, 15) is 4.79 Å². The maximum absolute atomic E-state index is 10.9. The Morgan fingerprint density at radius 1 is 1.44 bits per heavy atom. The predicted octanol–water partition coefficient (Wildman–Crippen LogP) is 0.538. The first-order valence-electron chi connectivity index (χ1n) is 6.21. The molecule has 2 unspecified atom stereocenters. The molecule has 1 aliphatic carbocycles. The molecule has 2 rings (SSSR count). The Bertz CT molecular complexity index is 407. The molecule has 0 saturated heterocycles. The van der Waals surface area contributed by atoms with Crippen LogP contribution in [-0.2, 0) is 0 Å². The van der Waals surface area contributed by atoms with Gasteiger partial charge in [0, 0.05) is 12.6 Å². The average Bonchev–Trinajstić information content (AvgIpc) is 2.78. The van der Waals surface area contributed by atoms with E-state index in [1.165, 1.54) is 0 Å². The molecule has 0 radical (unpaired) electrons. The third-order valence-corrected chi connectivity index (χ3v) is 3.41. The average molecular weight is 250 g/mol. The minimum atomic E-state index is -0.576. The van der Waals surface area contributed by atoms with Gasteiger partial charge in [0.1, 0.15) is 5.82 Å². The minimum Gasteiger partial charge on any atom is -0.396 e. The molecular weight excluding hydrogens is 232 g/mol. The van der Waals surface area contributed by atoms with Crippen LogP contribution in [0, 0.1) is 5.92 Å². The molecule has 6 nitrogen and oxygen atoms in total. The highest BCUT2D eigenvalue weighted by atomic mass is 16.3. The number of nitrogens with two attached hydrogens (primary N) is 1. The van der Waals surface area contributed by atoms with Crippen molar-refractivity contribution in [2.24, 2.45) is 11.7 Å². The fourth-order valence-corrected chi connectivity index (χ4v) is 2.47.